The molecule has 0 aliphatic rings. The highest BCUT2D eigenvalue weighted by molar-refractivity contribution is 7.71. The monoisotopic (exact) mass is 330 g/mol. The molecule has 122 valence electrons. The lowest BCUT2D eigenvalue weighted by Gasteiger charge is -2.16. The second-order valence-electron chi connectivity index (χ2n) is 6.81. The van der Waals surface area contributed by atoms with E-state index in [4.69, 9.17) is 12.2 Å². The Morgan fingerprint density at radius 2 is 1.87 bits per heavy atom. The minimum Gasteiger partial charge on any atom is -0.265 e. The van der Waals surface area contributed by atoms with Gasteiger partial charge < -0.3 is 0 Å². The maximum Gasteiger partial charge on any atom is 0.297 e. The molecule has 0 spiro atoms. The lowest BCUT2D eigenvalue weighted by atomic mass is 9.93. The molecule has 0 amide bonds. The predicted molar refractivity (Wildman–Crippen MR) is 95.9 cm³/mol. The maximum absolute atomic E-state index is 12.5. The fraction of sp³-hybridized carbons (Fsp3) is 0.412. The summed E-state index contributed by atoms with van der Waals surface area (Å²) in [6.07, 6.45) is 1.63. The van der Waals surface area contributed by atoms with Crippen LogP contribution in [0.3, 0.4) is 0 Å². The molecule has 0 fully saturated rings. The number of hydrogen-bond acceptors (Lipinski definition) is 4. The third-order valence-electron chi connectivity index (χ3n) is 3.49. The van der Waals surface area contributed by atoms with Gasteiger partial charge in [0.15, 0.2) is 0 Å². The molecule has 1 aromatic heterocycles. The van der Waals surface area contributed by atoms with E-state index in [1.807, 2.05) is 32.9 Å². The average Bonchev–Trinajstić information content (AvgIpc) is 2.46. The summed E-state index contributed by atoms with van der Waals surface area (Å²) < 4.78 is 1.36. The maximum atomic E-state index is 12.5. The highest BCUT2D eigenvalue weighted by Crippen LogP contribution is 2.15. The van der Waals surface area contributed by atoms with Crippen molar-refractivity contribution in [3.8, 4) is 0 Å². The predicted octanol–water partition coefficient (Wildman–Crippen LogP) is 3.60. The molecule has 0 saturated carbocycles. The lowest BCUT2D eigenvalue weighted by Crippen LogP contribution is -2.32. The summed E-state index contributed by atoms with van der Waals surface area (Å²) in [4.78, 5) is 12.5. The van der Waals surface area contributed by atoms with Crippen molar-refractivity contribution in [1.29, 1.82) is 0 Å². The first kappa shape index (κ1) is 17.3. The molecule has 1 N–H and O–H groups in total. The molecule has 1 aromatic carbocycles. The van der Waals surface area contributed by atoms with E-state index in [9.17, 15) is 4.79 Å². The summed E-state index contributed by atoms with van der Waals surface area (Å²) in [7, 11) is 0. The second-order valence-corrected chi connectivity index (χ2v) is 7.20. The minimum absolute atomic E-state index is 0.179. The van der Waals surface area contributed by atoms with Crippen molar-refractivity contribution in [2.24, 2.45) is 5.10 Å². The van der Waals surface area contributed by atoms with E-state index in [1.165, 1.54) is 10.2 Å². The smallest absolute Gasteiger partial charge is 0.265 e. The van der Waals surface area contributed by atoms with Crippen LogP contribution in [0.1, 0.15) is 57.4 Å². The highest BCUT2D eigenvalue weighted by Gasteiger charge is 2.21. The van der Waals surface area contributed by atoms with Crippen LogP contribution >= 0.6 is 12.2 Å². The zero-order chi connectivity index (χ0) is 17.2. The number of H-pyrrole nitrogens is 1. The van der Waals surface area contributed by atoms with E-state index >= 15 is 0 Å². The van der Waals surface area contributed by atoms with Gasteiger partial charge in [-0.3, -0.25) is 9.89 Å². The van der Waals surface area contributed by atoms with Crippen molar-refractivity contribution >= 4 is 18.4 Å². The Morgan fingerprint density at radius 1 is 1.26 bits per heavy atom. The van der Waals surface area contributed by atoms with Crippen molar-refractivity contribution in [3.05, 3.63) is 56.2 Å². The van der Waals surface area contributed by atoms with Crippen molar-refractivity contribution in [2.75, 3.05) is 0 Å². The molecule has 0 bridgehead atoms. The Kier molecular flexibility index (Phi) is 4.94. The normalized spacial score (nSPS) is 12.3. The van der Waals surface area contributed by atoms with Crippen molar-refractivity contribution in [3.63, 3.8) is 0 Å². The van der Waals surface area contributed by atoms with Crippen LogP contribution < -0.4 is 5.56 Å². The molecule has 0 unspecified atom stereocenters. The van der Waals surface area contributed by atoms with Crippen LogP contribution in [-0.2, 0) is 5.41 Å². The van der Waals surface area contributed by atoms with E-state index in [0.29, 0.717) is 11.6 Å². The van der Waals surface area contributed by atoms with E-state index in [2.05, 4.69) is 41.3 Å². The van der Waals surface area contributed by atoms with Crippen LogP contribution in [0.25, 0.3) is 0 Å². The van der Waals surface area contributed by atoms with Gasteiger partial charge >= 0.3 is 0 Å². The molecule has 0 aliphatic carbocycles. The quantitative estimate of drug-likeness (QED) is 0.691. The lowest BCUT2D eigenvalue weighted by molar-refractivity contribution is 0.529. The van der Waals surface area contributed by atoms with Crippen LogP contribution in [0.4, 0.5) is 0 Å². The number of benzene rings is 1. The number of aromatic amines is 1. The third kappa shape index (κ3) is 4.01. The number of nitrogens with one attached hydrogen (secondary N) is 1. The average molecular weight is 330 g/mol. The molecule has 5 nitrogen and oxygen atoms in total. The summed E-state index contributed by atoms with van der Waals surface area (Å²) in [6.45, 7) is 10.1. The van der Waals surface area contributed by atoms with Gasteiger partial charge in [0.25, 0.3) is 5.56 Å². The summed E-state index contributed by atoms with van der Waals surface area (Å²) in [5.41, 5.74) is 1.89. The molecule has 6 heteroatoms. The Morgan fingerprint density at radius 3 is 2.39 bits per heavy atom. The first-order chi connectivity index (χ1) is 10.7. The standard InChI is InChI=1S/C17H22N4OS/c1-11(2)13-8-6-12(7-9-13)10-18-21-15(22)14(17(3,4)5)19-20-16(21)23/h6-11H,1-5H3,(H,20,23)/b18-10-. The van der Waals surface area contributed by atoms with Crippen LogP contribution in [0.5, 0.6) is 0 Å². The fourth-order valence-corrected chi connectivity index (χ4v) is 2.25. The van der Waals surface area contributed by atoms with E-state index < -0.39 is 0 Å². The van der Waals surface area contributed by atoms with Crippen molar-refractivity contribution < 1.29 is 0 Å². The van der Waals surface area contributed by atoms with E-state index in [-0.39, 0.29) is 15.7 Å². The number of nitrogens with zero attached hydrogens (tertiary/aromatic N) is 3. The molecule has 23 heavy (non-hydrogen) atoms. The zero-order valence-electron chi connectivity index (χ0n) is 14.1. The van der Waals surface area contributed by atoms with Crippen LogP contribution in [-0.4, -0.2) is 21.1 Å². The molecule has 2 rings (SSSR count). The SMILES string of the molecule is CC(C)c1ccc(/C=N\n2c(=S)[nH]nc(C(C)(C)C)c2=O)cc1. The van der Waals surface area contributed by atoms with E-state index in [0.717, 1.165) is 5.56 Å². The second kappa shape index (κ2) is 6.58. The minimum atomic E-state index is -0.382. The van der Waals surface area contributed by atoms with Gasteiger partial charge in [0.1, 0.15) is 5.69 Å². The van der Waals surface area contributed by atoms with Gasteiger partial charge in [0.05, 0.1) is 6.21 Å². The van der Waals surface area contributed by atoms with Gasteiger partial charge in [0, 0.05) is 5.41 Å². The Hall–Kier alpha value is -2.08. The molecule has 0 atom stereocenters. The number of rotatable bonds is 3. The Labute approximate surface area is 141 Å². The van der Waals surface area contributed by atoms with Crippen LogP contribution in [0.15, 0.2) is 34.2 Å². The van der Waals surface area contributed by atoms with Crippen LogP contribution in [0, 0.1) is 4.77 Å². The topological polar surface area (TPSA) is 63.0 Å². The summed E-state index contributed by atoms with van der Waals surface area (Å²) in [6, 6.07) is 8.07. The van der Waals surface area contributed by atoms with Gasteiger partial charge in [-0.05, 0) is 29.3 Å². The molecule has 0 saturated heterocycles. The van der Waals surface area contributed by atoms with Gasteiger partial charge in [0.2, 0.25) is 4.77 Å². The van der Waals surface area contributed by atoms with Gasteiger partial charge in [-0.25, -0.2) is 0 Å². The van der Waals surface area contributed by atoms with Gasteiger partial charge in [-0.2, -0.15) is 14.9 Å². The first-order valence-electron chi connectivity index (χ1n) is 7.56. The number of hydrogen-bond donors (Lipinski definition) is 1. The number of aromatic nitrogens is 3. The van der Waals surface area contributed by atoms with Crippen molar-refractivity contribution in [1.82, 2.24) is 14.9 Å². The summed E-state index contributed by atoms with van der Waals surface area (Å²) >= 11 is 5.12. The van der Waals surface area contributed by atoms with E-state index in [1.54, 1.807) is 6.21 Å². The van der Waals surface area contributed by atoms with Crippen molar-refractivity contribution in [2.45, 2.75) is 46.0 Å². The largest absolute Gasteiger partial charge is 0.297 e. The molecule has 1 heterocycles. The molecular weight excluding hydrogens is 308 g/mol. The highest BCUT2D eigenvalue weighted by atomic mass is 32.1. The van der Waals surface area contributed by atoms with Gasteiger partial charge in [-0.1, -0.05) is 58.9 Å². The third-order valence-corrected chi connectivity index (χ3v) is 3.75. The molecule has 0 aliphatic heterocycles. The fourth-order valence-electron chi connectivity index (χ4n) is 2.08. The van der Waals surface area contributed by atoms with Crippen LogP contribution in [0.2, 0.25) is 0 Å². The first-order valence-corrected chi connectivity index (χ1v) is 7.97. The summed E-state index contributed by atoms with van der Waals surface area (Å²) in [5, 5.41) is 11.0. The Bertz CT molecular complexity index is 823. The Balaban J connectivity index is 2.40. The summed E-state index contributed by atoms with van der Waals surface area (Å²) in [5.74, 6) is 0.479. The van der Waals surface area contributed by atoms with Gasteiger partial charge in [-0.15, -0.1) is 0 Å². The molecular formula is C17H22N4OS. The zero-order valence-corrected chi connectivity index (χ0v) is 14.9. The molecule has 2 aromatic rings. The molecule has 0 radical (unpaired) electrons.